The molecule has 50 heavy (non-hydrogen) atoms. The minimum absolute atomic E-state index is 0.744. The van der Waals surface area contributed by atoms with Crippen molar-refractivity contribution in [3.63, 3.8) is 0 Å². The molecular formula is C40H36N6S4. The van der Waals surface area contributed by atoms with Gasteiger partial charge in [0.15, 0.2) is 5.69 Å². The van der Waals surface area contributed by atoms with Gasteiger partial charge in [0, 0.05) is 30.6 Å². The summed E-state index contributed by atoms with van der Waals surface area (Å²) in [7, 11) is 0. The Morgan fingerprint density at radius 3 is 1.76 bits per heavy atom. The van der Waals surface area contributed by atoms with Crippen molar-refractivity contribution in [1.29, 1.82) is 5.26 Å². The van der Waals surface area contributed by atoms with Crippen LogP contribution in [0.1, 0.15) is 81.9 Å². The Bertz CT molecular complexity index is 2180. The van der Waals surface area contributed by atoms with Crippen LogP contribution in [0.15, 0.2) is 69.4 Å². The monoisotopic (exact) mass is 728 g/mol. The first-order valence-electron chi connectivity index (χ1n) is 17.3. The fourth-order valence-corrected chi connectivity index (χ4v) is 9.77. The van der Waals surface area contributed by atoms with E-state index in [-0.39, 0.29) is 0 Å². The lowest BCUT2D eigenvalue weighted by molar-refractivity contribution is 0.666. The molecule has 3 aromatic heterocycles. The Morgan fingerprint density at radius 2 is 1.20 bits per heavy atom. The van der Waals surface area contributed by atoms with Gasteiger partial charge < -0.3 is 0 Å². The molecule has 1 aliphatic rings. The van der Waals surface area contributed by atoms with Crippen LogP contribution in [0.3, 0.4) is 0 Å². The number of benzene rings is 3. The number of unbranched alkanes of at least 4 members (excludes halogenated alkanes) is 6. The number of hydrogen-bond donors (Lipinski definition) is 0. The van der Waals surface area contributed by atoms with Crippen LogP contribution in [-0.2, 0) is 24.2 Å². The van der Waals surface area contributed by atoms with Gasteiger partial charge in [-0.05, 0) is 77.9 Å². The summed E-state index contributed by atoms with van der Waals surface area (Å²) in [4.78, 5) is 8.19. The summed E-state index contributed by atoms with van der Waals surface area (Å²) in [5.74, 6) is 0. The van der Waals surface area contributed by atoms with Gasteiger partial charge in [0.1, 0.15) is 22.4 Å². The predicted molar refractivity (Wildman–Crippen MR) is 213 cm³/mol. The molecule has 10 heteroatoms. The number of nitriles is 1. The van der Waals surface area contributed by atoms with Crippen LogP contribution in [0.5, 0.6) is 0 Å². The molecule has 7 rings (SSSR count). The third-order valence-corrected chi connectivity index (χ3v) is 12.6. The Hall–Kier alpha value is -4.32. The van der Waals surface area contributed by atoms with Gasteiger partial charge in [0.05, 0.1) is 41.3 Å². The van der Waals surface area contributed by atoms with Crippen LogP contribution in [0.4, 0.5) is 17.1 Å². The largest absolute Gasteiger partial charge is 0.238 e. The molecule has 0 amide bonds. The number of rotatable bonds is 14. The van der Waals surface area contributed by atoms with Crippen molar-refractivity contribution in [3.8, 4) is 47.8 Å². The highest BCUT2D eigenvalue weighted by Crippen LogP contribution is 2.54. The van der Waals surface area contributed by atoms with Gasteiger partial charge in [-0.1, -0.05) is 83.1 Å². The molecule has 0 spiro atoms. The maximum Gasteiger partial charge on any atom is 0.191 e. The van der Waals surface area contributed by atoms with Gasteiger partial charge in [-0.25, -0.2) is 4.85 Å². The summed E-state index contributed by atoms with van der Waals surface area (Å²) in [6.45, 7) is 12.3. The first-order valence-corrected chi connectivity index (χ1v) is 20.4. The Labute approximate surface area is 309 Å². The van der Waals surface area contributed by atoms with Crippen LogP contribution >= 0.6 is 34.4 Å². The Morgan fingerprint density at radius 1 is 0.660 bits per heavy atom. The second kappa shape index (κ2) is 15.7. The lowest BCUT2D eigenvalue weighted by Gasteiger charge is -2.10. The standard InChI is InChI=1S/C40H36N6S4/c1-4-6-8-10-12-25-14-16-27(22-29(25)24-41)31-18-20-33(47-31)35-37-39(45-49-43-37)36(40-38(35)44-50-46-40)34-21-19-32(48-34)28-17-15-26(30(23-28)42-3)13-11-9-7-5-2/h14-23H,4-13H2,1-2H3. The van der Waals surface area contributed by atoms with Crippen LogP contribution < -0.4 is 0 Å². The molecule has 0 bridgehead atoms. The van der Waals surface area contributed by atoms with Gasteiger partial charge in [-0.3, -0.25) is 0 Å². The molecular weight excluding hydrogens is 693 g/mol. The molecule has 0 saturated heterocycles. The lowest BCUT2D eigenvalue weighted by atomic mass is 9.98. The summed E-state index contributed by atoms with van der Waals surface area (Å²) in [6, 6.07) is 23.6. The first-order chi connectivity index (χ1) is 24.6. The average Bonchev–Trinajstić information content (AvgIpc) is 3.99. The SMILES string of the molecule is [C-]#[N+]c1cc(-c2ccc(-c3c4c(c(-c5ccc(-c6ccc(CCCCCC)c(C#N)c6)s5)c5nsnc35)N=S=N4)s2)ccc1CCCCCC. The minimum Gasteiger partial charge on any atom is -0.238 e. The number of fused-ring (bicyclic) bond motifs is 2. The zero-order valence-electron chi connectivity index (χ0n) is 28.2. The van der Waals surface area contributed by atoms with E-state index in [2.05, 4.69) is 73.3 Å². The van der Waals surface area contributed by atoms with Gasteiger partial charge in [-0.2, -0.15) is 22.7 Å². The van der Waals surface area contributed by atoms with E-state index in [4.69, 9.17) is 24.0 Å². The van der Waals surface area contributed by atoms with E-state index in [1.807, 2.05) is 12.1 Å². The van der Waals surface area contributed by atoms with Gasteiger partial charge in [0.2, 0.25) is 0 Å². The number of hydrogen-bond acceptors (Lipinski definition) is 8. The van der Waals surface area contributed by atoms with E-state index >= 15 is 0 Å². The smallest absolute Gasteiger partial charge is 0.191 e. The molecule has 0 unspecified atom stereocenters. The third-order valence-electron chi connectivity index (χ3n) is 9.23. The quantitative estimate of drug-likeness (QED) is 0.0826. The zero-order chi connectivity index (χ0) is 34.5. The maximum atomic E-state index is 9.94. The highest BCUT2D eigenvalue weighted by Gasteiger charge is 2.28. The first kappa shape index (κ1) is 34.1. The number of nitrogens with zero attached hydrogens (tertiary/aromatic N) is 6. The van der Waals surface area contributed by atoms with Crippen LogP contribution in [0.2, 0.25) is 0 Å². The zero-order valence-corrected chi connectivity index (χ0v) is 31.4. The van der Waals surface area contributed by atoms with E-state index in [0.717, 1.165) is 112 Å². The highest BCUT2D eigenvalue weighted by atomic mass is 32.1. The fourth-order valence-electron chi connectivity index (χ4n) is 6.55. The van der Waals surface area contributed by atoms with Crippen molar-refractivity contribution in [2.75, 3.05) is 0 Å². The molecule has 1 aliphatic heterocycles. The lowest BCUT2D eigenvalue weighted by Crippen LogP contribution is -1.91. The summed E-state index contributed by atoms with van der Waals surface area (Å²) in [5, 5.41) is 9.94. The summed E-state index contributed by atoms with van der Waals surface area (Å²) in [5.41, 5.74) is 11.1. The number of thiophene rings is 2. The van der Waals surface area contributed by atoms with Crippen LogP contribution in [0, 0.1) is 17.9 Å². The van der Waals surface area contributed by atoms with Gasteiger partial charge in [0.25, 0.3) is 0 Å². The fraction of sp³-hybridized carbons (Fsp3) is 0.300. The number of aryl methyl sites for hydroxylation is 2. The molecule has 0 aliphatic carbocycles. The number of aromatic nitrogens is 2. The summed E-state index contributed by atoms with van der Waals surface area (Å²) in [6.07, 6.45) is 11.4. The van der Waals surface area contributed by atoms with Crippen LogP contribution in [0.25, 0.3) is 57.6 Å². The molecule has 0 saturated carbocycles. The third kappa shape index (κ3) is 6.86. The van der Waals surface area contributed by atoms with E-state index in [1.165, 1.54) is 61.6 Å². The van der Waals surface area contributed by atoms with Crippen molar-refractivity contribution in [2.45, 2.75) is 78.1 Å². The van der Waals surface area contributed by atoms with Crippen molar-refractivity contribution in [1.82, 2.24) is 8.75 Å². The predicted octanol–water partition coefficient (Wildman–Crippen LogP) is 13.9. The van der Waals surface area contributed by atoms with Gasteiger partial charge >= 0.3 is 0 Å². The Kier molecular flexibility index (Phi) is 10.7. The Balaban J connectivity index is 1.20. The van der Waals surface area contributed by atoms with Gasteiger partial charge in [-0.15, -0.1) is 22.7 Å². The second-order valence-corrected chi connectivity index (χ2v) is 15.8. The van der Waals surface area contributed by atoms with E-state index in [9.17, 15) is 5.26 Å². The molecule has 6 aromatic rings. The van der Waals surface area contributed by atoms with Crippen LogP contribution in [-0.4, -0.2) is 8.75 Å². The summed E-state index contributed by atoms with van der Waals surface area (Å²) >= 11 is 5.79. The summed E-state index contributed by atoms with van der Waals surface area (Å²) < 4.78 is 19.2. The van der Waals surface area contributed by atoms with Crippen molar-refractivity contribution in [2.24, 2.45) is 8.73 Å². The molecule has 4 heterocycles. The normalized spacial score (nSPS) is 11.8. The van der Waals surface area contributed by atoms with E-state index in [0.29, 0.717) is 0 Å². The maximum absolute atomic E-state index is 9.94. The molecule has 6 nitrogen and oxygen atoms in total. The van der Waals surface area contributed by atoms with Crippen molar-refractivity contribution in [3.05, 3.63) is 88.8 Å². The molecule has 0 N–H and O–H groups in total. The minimum atomic E-state index is 0.744. The van der Waals surface area contributed by atoms with E-state index < -0.39 is 0 Å². The van der Waals surface area contributed by atoms with Crippen molar-refractivity contribution < 1.29 is 0 Å². The molecule has 250 valence electrons. The average molecular weight is 729 g/mol. The topological polar surface area (TPSA) is 78.6 Å². The highest BCUT2D eigenvalue weighted by molar-refractivity contribution is 7.58. The molecule has 0 radical (unpaired) electrons. The van der Waals surface area contributed by atoms with Crippen molar-refractivity contribution >= 4 is 73.9 Å². The molecule has 0 fully saturated rings. The second-order valence-electron chi connectivity index (χ2n) is 12.6. The molecule has 3 aromatic carbocycles. The van der Waals surface area contributed by atoms with E-state index in [1.54, 1.807) is 22.7 Å². The molecule has 0 atom stereocenters.